The number of aromatic nitrogens is 1. The van der Waals surface area contributed by atoms with Gasteiger partial charge in [0, 0.05) is 25.3 Å². The van der Waals surface area contributed by atoms with Crippen LogP contribution >= 0.6 is 0 Å². The number of anilines is 3. The van der Waals surface area contributed by atoms with Crippen molar-refractivity contribution in [3.63, 3.8) is 0 Å². The Bertz CT molecular complexity index is 578. The van der Waals surface area contributed by atoms with Gasteiger partial charge in [-0.25, -0.2) is 4.98 Å². The highest BCUT2D eigenvalue weighted by molar-refractivity contribution is 6.04. The first-order valence-corrected chi connectivity index (χ1v) is 5.86. The maximum atomic E-state index is 12.0. The molecule has 0 saturated heterocycles. The second kappa shape index (κ2) is 5.39. The standard InChI is InChI=1S/C14H16N4O/c1-18(2)13-7-6-12(9-16-13)17-14(19)10-4-3-5-11(15)8-10/h3-9H,15H2,1-2H3,(H,17,19). The minimum absolute atomic E-state index is 0.202. The lowest BCUT2D eigenvalue weighted by atomic mass is 10.2. The molecule has 1 aromatic carbocycles. The van der Waals surface area contributed by atoms with E-state index in [-0.39, 0.29) is 5.91 Å². The summed E-state index contributed by atoms with van der Waals surface area (Å²) in [6.45, 7) is 0. The molecule has 2 aromatic rings. The number of carbonyl (C=O) groups is 1. The molecule has 1 amide bonds. The number of rotatable bonds is 3. The number of pyridine rings is 1. The molecule has 5 heteroatoms. The van der Waals surface area contributed by atoms with Crippen molar-refractivity contribution >= 4 is 23.1 Å². The largest absolute Gasteiger partial charge is 0.399 e. The summed E-state index contributed by atoms with van der Waals surface area (Å²) in [6, 6.07) is 10.5. The summed E-state index contributed by atoms with van der Waals surface area (Å²) in [5.41, 5.74) is 7.38. The van der Waals surface area contributed by atoms with E-state index in [9.17, 15) is 4.79 Å². The molecule has 0 aliphatic heterocycles. The SMILES string of the molecule is CN(C)c1ccc(NC(=O)c2cccc(N)c2)cn1. The number of amides is 1. The lowest BCUT2D eigenvalue weighted by Crippen LogP contribution is -2.13. The van der Waals surface area contributed by atoms with Crippen LogP contribution in [0.5, 0.6) is 0 Å². The number of carbonyl (C=O) groups excluding carboxylic acids is 1. The molecule has 5 nitrogen and oxygen atoms in total. The van der Waals surface area contributed by atoms with Gasteiger partial charge >= 0.3 is 0 Å². The van der Waals surface area contributed by atoms with Gasteiger partial charge < -0.3 is 16.0 Å². The van der Waals surface area contributed by atoms with Gasteiger partial charge in [-0.1, -0.05) is 6.07 Å². The van der Waals surface area contributed by atoms with Crippen molar-refractivity contribution in [1.82, 2.24) is 4.98 Å². The van der Waals surface area contributed by atoms with E-state index < -0.39 is 0 Å². The molecule has 0 fully saturated rings. The van der Waals surface area contributed by atoms with Crippen LogP contribution in [0.15, 0.2) is 42.6 Å². The van der Waals surface area contributed by atoms with E-state index in [0.717, 1.165) is 5.82 Å². The smallest absolute Gasteiger partial charge is 0.255 e. The number of nitrogens with zero attached hydrogens (tertiary/aromatic N) is 2. The molecule has 98 valence electrons. The second-order valence-electron chi connectivity index (χ2n) is 4.38. The highest BCUT2D eigenvalue weighted by atomic mass is 16.1. The highest BCUT2D eigenvalue weighted by Crippen LogP contribution is 2.14. The fraction of sp³-hybridized carbons (Fsp3) is 0.143. The van der Waals surface area contributed by atoms with Crippen molar-refractivity contribution in [1.29, 1.82) is 0 Å². The first kappa shape index (κ1) is 12.9. The molecule has 0 aliphatic carbocycles. The summed E-state index contributed by atoms with van der Waals surface area (Å²) >= 11 is 0. The van der Waals surface area contributed by atoms with E-state index in [1.165, 1.54) is 0 Å². The van der Waals surface area contributed by atoms with Crippen molar-refractivity contribution in [2.24, 2.45) is 0 Å². The number of hydrogen-bond donors (Lipinski definition) is 2. The van der Waals surface area contributed by atoms with Crippen molar-refractivity contribution < 1.29 is 4.79 Å². The van der Waals surface area contributed by atoms with Gasteiger partial charge in [-0.05, 0) is 30.3 Å². The average molecular weight is 256 g/mol. The maximum absolute atomic E-state index is 12.0. The monoisotopic (exact) mass is 256 g/mol. The molecular formula is C14H16N4O. The highest BCUT2D eigenvalue weighted by Gasteiger charge is 2.06. The molecule has 0 atom stereocenters. The molecule has 0 aliphatic rings. The second-order valence-corrected chi connectivity index (χ2v) is 4.38. The molecule has 0 radical (unpaired) electrons. The zero-order valence-corrected chi connectivity index (χ0v) is 10.9. The number of benzene rings is 1. The van der Waals surface area contributed by atoms with Crippen LogP contribution in [0.1, 0.15) is 10.4 Å². The van der Waals surface area contributed by atoms with Crippen LogP contribution in [0.4, 0.5) is 17.2 Å². The Morgan fingerprint density at radius 3 is 2.63 bits per heavy atom. The Morgan fingerprint density at radius 1 is 1.26 bits per heavy atom. The normalized spacial score (nSPS) is 10.0. The Morgan fingerprint density at radius 2 is 2.05 bits per heavy atom. The third kappa shape index (κ3) is 3.22. The van der Waals surface area contributed by atoms with E-state index in [1.54, 1.807) is 30.5 Å². The fourth-order valence-electron chi connectivity index (χ4n) is 1.61. The van der Waals surface area contributed by atoms with E-state index in [1.807, 2.05) is 31.1 Å². The van der Waals surface area contributed by atoms with E-state index in [4.69, 9.17) is 5.73 Å². The summed E-state index contributed by atoms with van der Waals surface area (Å²) in [7, 11) is 3.82. The molecule has 0 bridgehead atoms. The topological polar surface area (TPSA) is 71.2 Å². The van der Waals surface area contributed by atoms with E-state index in [2.05, 4.69) is 10.3 Å². The van der Waals surface area contributed by atoms with Crippen LogP contribution in [0, 0.1) is 0 Å². The third-order valence-corrected chi connectivity index (χ3v) is 2.61. The molecular weight excluding hydrogens is 240 g/mol. The third-order valence-electron chi connectivity index (χ3n) is 2.61. The van der Waals surface area contributed by atoms with Gasteiger partial charge in [0.1, 0.15) is 5.82 Å². The molecule has 3 N–H and O–H groups in total. The summed E-state index contributed by atoms with van der Waals surface area (Å²) in [5, 5.41) is 2.78. The molecule has 0 unspecified atom stereocenters. The fourth-order valence-corrected chi connectivity index (χ4v) is 1.61. The van der Waals surface area contributed by atoms with Crippen molar-refractivity contribution in [2.45, 2.75) is 0 Å². The predicted octanol–water partition coefficient (Wildman–Crippen LogP) is 1.98. The van der Waals surface area contributed by atoms with Gasteiger partial charge in [-0.3, -0.25) is 4.79 Å². The van der Waals surface area contributed by atoms with Gasteiger partial charge in [-0.15, -0.1) is 0 Å². The van der Waals surface area contributed by atoms with Crippen LogP contribution < -0.4 is 16.0 Å². The van der Waals surface area contributed by atoms with Gasteiger partial charge in [-0.2, -0.15) is 0 Å². The zero-order chi connectivity index (χ0) is 13.8. The Balaban J connectivity index is 2.10. The van der Waals surface area contributed by atoms with Gasteiger partial charge in [0.2, 0.25) is 0 Å². The Labute approximate surface area is 112 Å². The molecule has 0 saturated carbocycles. The Kier molecular flexibility index (Phi) is 3.66. The minimum Gasteiger partial charge on any atom is -0.399 e. The predicted molar refractivity (Wildman–Crippen MR) is 77.4 cm³/mol. The van der Waals surface area contributed by atoms with Crippen LogP contribution in [-0.4, -0.2) is 25.0 Å². The van der Waals surface area contributed by atoms with Crippen molar-refractivity contribution in [2.75, 3.05) is 30.0 Å². The Hall–Kier alpha value is -2.56. The first-order chi connectivity index (χ1) is 9.06. The average Bonchev–Trinajstić information content (AvgIpc) is 2.39. The van der Waals surface area contributed by atoms with Crippen LogP contribution in [-0.2, 0) is 0 Å². The maximum Gasteiger partial charge on any atom is 0.255 e. The van der Waals surface area contributed by atoms with Crippen LogP contribution in [0.3, 0.4) is 0 Å². The lowest BCUT2D eigenvalue weighted by Gasteiger charge is -2.11. The summed E-state index contributed by atoms with van der Waals surface area (Å²) in [6.07, 6.45) is 1.62. The summed E-state index contributed by atoms with van der Waals surface area (Å²) < 4.78 is 0. The summed E-state index contributed by atoms with van der Waals surface area (Å²) in [4.78, 5) is 18.1. The quantitative estimate of drug-likeness (QED) is 0.824. The molecule has 0 spiro atoms. The van der Waals surface area contributed by atoms with E-state index >= 15 is 0 Å². The molecule has 1 aromatic heterocycles. The number of nitrogen functional groups attached to an aromatic ring is 1. The number of nitrogens with two attached hydrogens (primary N) is 1. The van der Waals surface area contributed by atoms with Crippen LogP contribution in [0.25, 0.3) is 0 Å². The minimum atomic E-state index is -0.202. The van der Waals surface area contributed by atoms with E-state index in [0.29, 0.717) is 16.9 Å². The summed E-state index contributed by atoms with van der Waals surface area (Å²) in [5.74, 6) is 0.633. The van der Waals surface area contributed by atoms with Crippen LogP contribution in [0.2, 0.25) is 0 Å². The van der Waals surface area contributed by atoms with Gasteiger partial charge in [0.05, 0.1) is 11.9 Å². The molecule has 19 heavy (non-hydrogen) atoms. The molecule has 1 heterocycles. The van der Waals surface area contributed by atoms with Gasteiger partial charge in [0.25, 0.3) is 5.91 Å². The number of nitrogens with one attached hydrogen (secondary N) is 1. The van der Waals surface area contributed by atoms with Crippen molar-refractivity contribution in [3.05, 3.63) is 48.2 Å². The zero-order valence-electron chi connectivity index (χ0n) is 10.9. The van der Waals surface area contributed by atoms with Gasteiger partial charge in [0.15, 0.2) is 0 Å². The number of hydrogen-bond acceptors (Lipinski definition) is 4. The van der Waals surface area contributed by atoms with Crippen molar-refractivity contribution in [3.8, 4) is 0 Å². The molecule has 2 rings (SSSR count). The first-order valence-electron chi connectivity index (χ1n) is 5.86. The lowest BCUT2D eigenvalue weighted by molar-refractivity contribution is 0.102.